The van der Waals surface area contributed by atoms with Crippen LogP contribution in [0.1, 0.15) is 76.7 Å². The van der Waals surface area contributed by atoms with Gasteiger partial charge in [0.05, 0.1) is 13.2 Å². The first-order valence-electron chi connectivity index (χ1n) is 10.4. The van der Waals surface area contributed by atoms with Gasteiger partial charge in [-0.15, -0.1) is 0 Å². The molecule has 0 amide bonds. The van der Waals surface area contributed by atoms with E-state index in [2.05, 4.69) is 0 Å². The smallest absolute Gasteiger partial charge is 0.302 e. The van der Waals surface area contributed by atoms with Crippen LogP contribution in [0.4, 0.5) is 0 Å². The van der Waals surface area contributed by atoms with E-state index in [1.165, 1.54) is 51.9 Å². The average molecular weight is 379 g/mol. The summed E-state index contributed by atoms with van der Waals surface area (Å²) in [5, 5.41) is 0. The third kappa shape index (κ3) is 9.66. The number of carbonyl (C=O) groups excluding carboxylic acids is 1. The van der Waals surface area contributed by atoms with Gasteiger partial charge in [-0.05, 0) is 30.5 Å². The largest absolute Gasteiger partial charge is 0.466 e. The monoisotopic (exact) mass is 378 g/mol. The molecule has 0 radical (unpaired) electrons. The van der Waals surface area contributed by atoms with Crippen LogP contribution in [0.3, 0.4) is 0 Å². The highest BCUT2D eigenvalue weighted by atomic mass is 16.7. The van der Waals surface area contributed by atoms with Crippen molar-refractivity contribution in [2.75, 3.05) is 20.0 Å². The van der Waals surface area contributed by atoms with E-state index in [0.29, 0.717) is 20.0 Å². The zero-order valence-corrected chi connectivity index (χ0v) is 16.7. The Morgan fingerprint density at radius 3 is 2.11 bits per heavy atom. The maximum absolute atomic E-state index is 10.6. The lowest BCUT2D eigenvalue weighted by Gasteiger charge is -2.06. The SMILES string of the molecule is CC(=O)OCCCCCCCCCCCCOCc1ccc2c(c1)OCO2. The van der Waals surface area contributed by atoms with Gasteiger partial charge in [0.15, 0.2) is 11.5 Å². The van der Waals surface area contributed by atoms with Crippen molar-refractivity contribution in [1.82, 2.24) is 0 Å². The Morgan fingerprint density at radius 2 is 1.44 bits per heavy atom. The lowest BCUT2D eigenvalue weighted by atomic mass is 10.1. The minimum atomic E-state index is -0.173. The topological polar surface area (TPSA) is 54.0 Å². The second kappa shape index (κ2) is 13.4. The zero-order valence-electron chi connectivity index (χ0n) is 16.7. The highest BCUT2D eigenvalue weighted by Gasteiger charge is 2.12. The van der Waals surface area contributed by atoms with E-state index in [1.807, 2.05) is 18.2 Å². The maximum atomic E-state index is 10.6. The molecular weight excluding hydrogens is 344 g/mol. The summed E-state index contributed by atoms with van der Waals surface area (Å²) >= 11 is 0. The van der Waals surface area contributed by atoms with Gasteiger partial charge >= 0.3 is 5.97 Å². The van der Waals surface area contributed by atoms with Crippen LogP contribution in [0.2, 0.25) is 0 Å². The van der Waals surface area contributed by atoms with Gasteiger partial charge in [0.25, 0.3) is 0 Å². The van der Waals surface area contributed by atoms with Gasteiger partial charge in [-0.3, -0.25) is 4.79 Å². The van der Waals surface area contributed by atoms with Crippen molar-refractivity contribution in [2.45, 2.75) is 77.7 Å². The van der Waals surface area contributed by atoms with E-state index in [9.17, 15) is 4.79 Å². The lowest BCUT2D eigenvalue weighted by molar-refractivity contribution is -0.141. The van der Waals surface area contributed by atoms with E-state index >= 15 is 0 Å². The summed E-state index contributed by atoms with van der Waals surface area (Å²) in [5.74, 6) is 1.47. The normalized spacial score (nSPS) is 12.3. The molecule has 1 aromatic rings. The number of ether oxygens (including phenoxy) is 4. The van der Waals surface area contributed by atoms with E-state index in [1.54, 1.807) is 0 Å². The number of hydrogen-bond donors (Lipinski definition) is 0. The number of fused-ring (bicyclic) bond motifs is 1. The van der Waals surface area contributed by atoms with E-state index < -0.39 is 0 Å². The zero-order chi connectivity index (χ0) is 19.2. The highest BCUT2D eigenvalue weighted by molar-refractivity contribution is 5.65. The van der Waals surface area contributed by atoms with Crippen LogP contribution in [-0.2, 0) is 20.9 Å². The van der Waals surface area contributed by atoms with Crippen molar-refractivity contribution >= 4 is 5.97 Å². The van der Waals surface area contributed by atoms with Crippen molar-refractivity contribution in [3.8, 4) is 11.5 Å². The summed E-state index contributed by atoms with van der Waals surface area (Å²) < 4.78 is 21.4. The van der Waals surface area contributed by atoms with Gasteiger partial charge < -0.3 is 18.9 Å². The maximum Gasteiger partial charge on any atom is 0.302 e. The van der Waals surface area contributed by atoms with Crippen molar-refractivity contribution in [3.63, 3.8) is 0 Å². The van der Waals surface area contributed by atoms with E-state index in [0.717, 1.165) is 42.9 Å². The molecule has 152 valence electrons. The summed E-state index contributed by atoms with van der Waals surface area (Å²) in [6.45, 7) is 3.80. The predicted octanol–water partition coefficient (Wildman–Crippen LogP) is 5.40. The van der Waals surface area contributed by atoms with Gasteiger partial charge in [-0.25, -0.2) is 0 Å². The molecular formula is C22H34O5. The van der Waals surface area contributed by atoms with Crippen molar-refractivity contribution in [1.29, 1.82) is 0 Å². The first kappa shape index (κ1) is 21.5. The minimum absolute atomic E-state index is 0.173. The Kier molecular flexibility index (Phi) is 10.7. The first-order valence-corrected chi connectivity index (χ1v) is 10.4. The average Bonchev–Trinajstić information content (AvgIpc) is 3.12. The second-order valence-corrected chi connectivity index (χ2v) is 7.12. The van der Waals surface area contributed by atoms with Crippen LogP contribution >= 0.6 is 0 Å². The third-order valence-electron chi connectivity index (χ3n) is 4.69. The number of hydrogen-bond acceptors (Lipinski definition) is 5. The van der Waals surface area contributed by atoms with E-state index in [-0.39, 0.29) is 5.97 Å². The molecule has 0 unspecified atom stereocenters. The number of esters is 1. The number of unbranched alkanes of at least 4 members (excludes halogenated alkanes) is 9. The Morgan fingerprint density at radius 1 is 0.852 bits per heavy atom. The summed E-state index contributed by atoms with van der Waals surface area (Å²) in [6.07, 6.45) is 12.3. The van der Waals surface area contributed by atoms with Crippen LogP contribution in [0.5, 0.6) is 11.5 Å². The molecule has 5 nitrogen and oxygen atoms in total. The predicted molar refractivity (Wildman–Crippen MR) is 105 cm³/mol. The molecule has 0 spiro atoms. The van der Waals surface area contributed by atoms with Gasteiger partial charge in [0.1, 0.15) is 0 Å². The Hall–Kier alpha value is -1.75. The summed E-state index contributed by atoms with van der Waals surface area (Å²) in [6, 6.07) is 5.98. The van der Waals surface area contributed by atoms with Crippen LogP contribution in [0, 0.1) is 0 Å². The molecule has 0 bridgehead atoms. The molecule has 2 rings (SSSR count). The summed E-state index contributed by atoms with van der Waals surface area (Å²) in [7, 11) is 0. The molecule has 0 fully saturated rings. The van der Waals surface area contributed by atoms with Crippen LogP contribution in [0.25, 0.3) is 0 Å². The number of carbonyl (C=O) groups is 1. The van der Waals surface area contributed by atoms with Gasteiger partial charge in [0.2, 0.25) is 6.79 Å². The lowest BCUT2D eigenvalue weighted by Crippen LogP contribution is -2.00. The molecule has 1 heterocycles. The van der Waals surface area contributed by atoms with Crippen LogP contribution in [0.15, 0.2) is 18.2 Å². The molecule has 1 aliphatic heterocycles. The van der Waals surface area contributed by atoms with Crippen LogP contribution in [-0.4, -0.2) is 26.0 Å². The molecule has 5 heteroatoms. The molecule has 0 aromatic heterocycles. The second-order valence-electron chi connectivity index (χ2n) is 7.12. The van der Waals surface area contributed by atoms with Gasteiger partial charge in [-0.2, -0.15) is 0 Å². The molecule has 27 heavy (non-hydrogen) atoms. The minimum Gasteiger partial charge on any atom is -0.466 e. The number of rotatable bonds is 15. The molecule has 0 N–H and O–H groups in total. The Labute approximate surface area is 163 Å². The molecule has 0 saturated heterocycles. The fourth-order valence-corrected chi connectivity index (χ4v) is 3.16. The fourth-order valence-electron chi connectivity index (χ4n) is 3.16. The molecule has 1 aromatic carbocycles. The van der Waals surface area contributed by atoms with Gasteiger partial charge in [0, 0.05) is 13.5 Å². The van der Waals surface area contributed by atoms with Gasteiger partial charge in [-0.1, -0.05) is 57.4 Å². The highest BCUT2D eigenvalue weighted by Crippen LogP contribution is 2.32. The molecule has 0 atom stereocenters. The van der Waals surface area contributed by atoms with Crippen molar-refractivity contribution < 1.29 is 23.7 Å². The standard InChI is InChI=1S/C22H34O5/c1-19(23)25-15-11-9-7-5-3-2-4-6-8-10-14-24-17-20-12-13-21-22(16-20)27-18-26-21/h12-13,16H,2-11,14-15,17-18H2,1H3. The summed E-state index contributed by atoms with van der Waals surface area (Å²) in [4.78, 5) is 10.6. The molecule has 1 aliphatic rings. The van der Waals surface area contributed by atoms with Crippen molar-refractivity contribution in [2.24, 2.45) is 0 Å². The quantitative estimate of drug-likeness (QED) is 0.302. The fraction of sp³-hybridized carbons (Fsp3) is 0.682. The summed E-state index contributed by atoms with van der Waals surface area (Å²) in [5.41, 5.74) is 1.13. The van der Waals surface area contributed by atoms with Crippen molar-refractivity contribution in [3.05, 3.63) is 23.8 Å². The molecule has 0 aliphatic carbocycles. The van der Waals surface area contributed by atoms with E-state index in [4.69, 9.17) is 18.9 Å². The van der Waals surface area contributed by atoms with Crippen LogP contribution < -0.4 is 9.47 Å². The number of benzene rings is 1. The first-order chi connectivity index (χ1) is 13.3. The molecule has 0 saturated carbocycles. The third-order valence-corrected chi connectivity index (χ3v) is 4.69. The Bertz CT molecular complexity index is 544. The Balaban J connectivity index is 1.32.